The number of ether oxygens (including phenoxy) is 1. The molecule has 0 aromatic rings. The molecule has 2 heterocycles. The highest BCUT2D eigenvalue weighted by atomic mass is 16.6. The second-order valence-electron chi connectivity index (χ2n) is 10.2. The Hall–Kier alpha value is -3.83. The molecule has 2 aliphatic rings. The van der Waals surface area contributed by atoms with E-state index in [0.29, 0.717) is 9.80 Å². The van der Waals surface area contributed by atoms with Crippen LogP contribution in [0.1, 0.15) is 41.5 Å². The zero-order valence-electron chi connectivity index (χ0n) is 20.7. The first-order valence-electron chi connectivity index (χ1n) is 10.9. The summed E-state index contributed by atoms with van der Waals surface area (Å²) in [5.74, 6) is -5.38. The first-order valence-corrected chi connectivity index (χ1v) is 10.9. The second-order valence-corrected chi connectivity index (χ2v) is 10.2. The number of hydrogen-bond donors (Lipinski definition) is 0. The summed E-state index contributed by atoms with van der Waals surface area (Å²) in [5.41, 5.74) is -1.49. The van der Waals surface area contributed by atoms with Crippen LogP contribution in [-0.4, -0.2) is 93.0 Å². The smallest absolute Gasteiger partial charge is 0.328 e. The molecular formula is C23H30N4O8. The molecule has 12 heteroatoms. The largest absolute Gasteiger partial charge is 0.459 e. The highest BCUT2D eigenvalue weighted by molar-refractivity contribution is 6.15. The fourth-order valence-corrected chi connectivity index (χ4v) is 3.17. The molecule has 2 rings (SSSR count). The number of carbonyl (C=O) groups is 7. The molecule has 6 amide bonds. The van der Waals surface area contributed by atoms with Gasteiger partial charge in [0.05, 0.1) is 0 Å². The zero-order chi connectivity index (χ0) is 26.7. The summed E-state index contributed by atoms with van der Waals surface area (Å²) in [5, 5.41) is 1.74. The molecule has 0 unspecified atom stereocenters. The van der Waals surface area contributed by atoms with Gasteiger partial charge in [0.25, 0.3) is 35.4 Å². The van der Waals surface area contributed by atoms with Crippen LogP contribution in [0.3, 0.4) is 0 Å². The van der Waals surface area contributed by atoms with Gasteiger partial charge in [-0.2, -0.15) is 0 Å². The Balaban J connectivity index is 2.39. The lowest BCUT2D eigenvalue weighted by molar-refractivity contribution is -0.178. The number of imide groups is 2. The van der Waals surface area contributed by atoms with E-state index >= 15 is 0 Å². The van der Waals surface area contributed by atoms with Gasteiger partial charge >= 0.3 is 5.97 Å². The lowest BCUT2D eigenvalue weighted by atomic mass is 9.96. The van der Waals surface area contributed by atoms with Gasteiger partial charge in [0.15, 0.2) is 0 Å². The molecule has 190 valence electrons. The molecule has 35 heavy (non-hydrogen) atoms. The molecule has 0 aromatic carbocycles. The van der Waals surface area contributed by atoms with Crippen molar-refractivity contribution in [3.8, 4) is 0 Å². The predicted octanol–water partition coefficient (Wildman–Crippen LogP) is -0.204. The van der Waals surface area contributed by atoms with Crippen molar-refractivity contribution in [1.29, 1.82) is 0 Å². The fraction of sp³-hybridized carbons (Fsp3) is 0.522. The predicted molar refractivity (Wildman–Crippen MR) is 120 cm³/mol. The Morgan fingerprint density at radius 1 is 0.714 bits per heavy atom. The molecule has 0 bridgehead atoms. The monoisotopic (exact) mass is 490 g/mol. The quantitative estimate of drug-likeness (QED) is 0.271. The van der Waals surface area contributed by atoms with Gasteiger partial charge in [-0.1, -0.05) is 20.8 Å². The summed E-state index contributed by atoms with van der Waals surface area (Å²) >= 11 is 0. The van der Waals surface area contributed by atoms with Gasteiger partial charge in [-0.3, -0.25) is 43.4 Å². The average Bonchev–Trinajstić information content (AvgIpc) is 3.18. The molecule has 0 radical (unpaired) electrons. The summed E-state index contributed by atoms with van der Waals surface area (Å²) in [6, 6.07) is 0. The number of nitrogens with zero attached hydrogens (tertiary/aromatic N) is 4. The van der Waals surface area contributed by atoms with Crippen LogP contribution < -0.4 is 0 Å². The van der Waals surface area contributed by atoms with Gasteiger partial charge in [0.1, 0.15) is 25.2 Å². The minimum atomic E-state index is -0.906. The standard InChI is InChI=1S/C23H30N4O8/c1-22(2,3)14-27(20(33)12-25-17(30)9-10-18(25)31)26(13-21(34)35-23(4,5)6)19(32)11-24-15(28)7-8-16(24)29/h7-10H,11-14H2,1-6H3. The normalized spacial score (nSPS) is 15.8. The van der Waals surface area contributed by atoms with Crippen LogP contribution in [0, 0.1) is 5.41 Å². The van der Waals surface area contributed by atoms with Gasteiger partial charge in [0.2, 0.25) is 0 Å². The van der Waals surface area contributed by atoms with E-state index in [1.807, 2.05) is 0 Å². The number of amides is 6. The minimum Gasteiger partial charge on any atom is -0.459 e. The van der Waals surface area contributed by atoms with Gasteiger partial charge in [-0.15, -0.1) is 0 Å². The molecular weight excluding hydrogens is 460 g/mol. The Morgan fingerprint density at radius 3 is 1.43 bits per heavy atom. The average molecular weight is 491 g/mol. The lowest BCUT2D eigenvalue weighted by Crippen LogP contribution is -2.59. The molecule has 0 spiro atoms. The van der Waals surface area contributed by atoms with Crippen LogP contribution in [-0.2, 0) is 38.3 Å². The van der Waals surface area contributed by atoms with Crippen LogP contribution >= 0.6 is 0 Å². The van der Waals surface area contributed by atoms with E-state index in [9.17, 15) is 33.6 Å². The summed E-state index contributed by atoms with van der Waals surface area (Å²) in [7, 11) is 0. The van der Waals surface area contributed by atoms with Gasteiger partial charge in [0, 0.05) is 30.8 Å². The molecule has 0 aromatic heterocycles. The molecule has 12 nitrogen and oxygen atoms in total. The maximum Gasteiger partial charge on any atom is 0.328 e. The van der Waals surface area contributed by atoms with Crippen molar-refractivity contribution in [3.63, 3.8) is 0 Å². The van der Waals surface area contributed by atoms with Crippen molar-refractivity contribution in [3.05, 3.63) is 24.3 Å². The maximum atomic E-state index is 13.3. The van der Waals surface area contributed by atoms with E-state index in [1.165, 1.54) is 0 Å². The highest BCUT2D eigenvalue weighted by Crippen LogP contribution is 2.19. The molecule has 0 saturated heterocycles. The Bertz CT molecular complexity index is 980. The van der Waals surface area contributed by atoms with E-state index in [-0.39, 0.29) is 6.54 Å². The molecule has 0 N–H and O–H groups in total. The number of carbonyl (C=O) groups excluding carboxylic acids is 7. The zero-order valence-corrected chi connectivity index (χ0v) is 20.7. The summed E-state index contributed by atoms with van der Waals surface area (Å²) in [6.45, 7) is 7.98. The van der Waals surface area contributed by atoms with Crippen LogP contribution in [0.15, 0.2) is 24.3 Å². The molecule has 0 aliphatic carbocycles. The second kappa shape index (κ2) is 10.2. The molecule has 0 atom stereocenters. The van der Waals surface area contributed by atoms with E-state index in [0.717, 1.165) is 34.3 Å². The Kier molecular flexibility index (Phi) is 7.99. The summed E-state index contributed by atoms with van der Waals surface area (Å²) < 4.78 is 5.30. The lowest BCUT2D eigenvalue weighted by Gasteiger charge is -2.39. The maximum absolute atomic E-state index is 13.3. The van der Waals surface area contributed by atoms with Gasteiger partial charge in [-0.25, -0.2) is 10.0 Å². The minimum absolute atomic E-state index is 0.0931. The topological polar surface area (TPSA) is 142 Å². The van der Waals surface area contributed by atoms with E-state index in [1.54, 1.807) is 41.5 Å². The van der Waals surface area contributed by atoms with Gasteiger partial charge in [-0.05, 0) is 26.2 Å². The molecule has 0 fully saturated rings. The fourth-order valence-electron chi connectivity index (χ4n) is 3.17. The van der Waals surface area contributed by atoms with Crippen molar-refractivity contribution in [2.24, 2.45) is 5.41 Å². The van der Waals surface area contributed by atoms with Crippen molar-refractivity contribution >= 4 is 41.4 Å². The number of rotatable bonds is 7. The Labute approximate surface area is 203 Å². The molecule has 2 aliphatic heterocycles. The first kappa shape index (κ1) is 27.4. The SMILES string of the molecule is CC(C)(C)CN(C(=O)CN1C(=O)C=CC1=O)N(CC(=O)OC(C)(C)C)C(=O)CN1C(=O)C=CC1=O. The van der Waals surface area contributed by atoms with Crippen molar-refractivity contribution in [1.82, 2.24) is 19.8 Å². The van der Waals surface area contributed by atoms with Crippen LogP contribution in [0.5, 0.6) is 0 Å². The highest BCUT2D eigenvalue weighted by Gasteiger charge is 2.37. The number of hydrogen-bond acceptors (Lipinski definition) is 8. The molecule has 0 saturated carbocycles. The van der Waals surface area contributed by atoms with E-state index < -0.39 is 72.1 Å². The van der Waals surface area contributed by atoms with Crippen molar-refractivity contribution in [2.75, 3.05) is 26.2 Å². The van der Waals surface area contributed by atoms with E-state index in [2.05, 4.69) is 0 Å². The summed E-state index contributed by atoms with van der Waals surface area (Å²) in [4.78, 5) is 88.5. The first-order chi connectivity index (χ1) is 16.0. The third kappa shape index (κ3) is 7.59. The van der Waals surface area contributed by atoms with Gasteiger partial charge < -0.3 is 4.74 Å². The summed E-state index contributed by atoms with van der Waals surface area (Å²) in [6.07, 6.45) is 4.04. The number of hydrazine groups is 1. The third-order valence-electron chi connectivity index (χ3n) is 4.58. The number of esters is 1. The van der Waals surface area contributed by atoms with Crippen LogP contribution in [0.2, 0.25) is 0 Å². The van der Waals surface area contributed by atoms with Crippen LogP contribution in [0.4, 0.5) is 0 Å². The van der Waals surface area contributed by atoms with Crippen molar-refractivity contribution < 1.29 is 38.3 Å². The van der Waals surface area contributed by atoms with E-state index in [4.69, 9.17) is 4.74 Å². The van der Waals surface area contributed by atoms with Crippen molar-refractivity contribution in [2.45, 2.75) is 47.1 Å². The third-order valence-corrected chi connectivity index (χ3v) is 4.58. The Morgan fingerprint density at radius 2 is 1.09 bits per heavy atom. The van der Waals surface area contributed by atoms with Crippen LogP contribution in [0.25, 0.3) is 0 Å².